The Morgan fingerprint density at radius 1 is 1.56 bits per heavy atom. The standard InChI is InChI=1S/C12H14N4S2/c1-8-7-18-10(16-8)4-6-14-9-3-2-5-15-11(9)12(13)17/h2-3,5,7,14H,4,6H2,1H3,(H2,13,17). The second-order valence-electron chi connectivity index (χ2n) is 3.82. The van der Waals surface area contributed by atoms with Gasteiger partial charge in [0.1, 0.15) is 10.7 Å². The second kappa shape index (κ2) is 5.88. The van der Waals surface area contributed by atoms with E-state index in [2.05, 4.69) is 20.7 Å². The van der Waals surface area contributed by atoms with Crippen LogP contribution in [0.4, 0.5) is 5.69 Å². The minimum absolute atomic E-state index is 0.309. The molecule has 0 atom stereocenters. The van der Waals surface area contributed by atoms with Crippen molar-refractivity contribution >= 4 is 34.2 Å². The number of hydrogen-bond donors (Lipinski definition) is 2. The normalized spacial score (nSPS) is 10.3. The molecule has 0 radical (unpaired) electrons. The van der Waals surface area contributed by atoms with Crippen molar-refractivity contribution in [1.29, 1.82) is 0 Å². The SMILES string of the molecule is Cc1csc(CCNc2cccnc2C(N)=S)n1. The second-order valence-corrected chi connectivity index (χ2v) is 5.21. The van der Waals surface area contributed by atoms with Crippen LogP contribution < -0.4 is 11.1 Å². The Kier molecular flexibility index (Phi) is 4.22. The summed E-state index contributed by atoms with van der Waals surface area (Å²) in [7, 11) is 0. The van der Waals surface area contributed by atoms with Crippen LogP contribution in [0.15, 0.2) is 23.7 Å². The van der Waals surface area contributed by atoms with E-state index >= 15 is 0 Å². The van der Waals surface area contributed by atoms with Crippen molar-refractivity contribution in [3.05, 3.63) is 40.1 Å². The molecule has 0 saturated carbocycles. The Hall–Kier alpha value is -1.53. The van der Waals surface area contributed by atoms with E-state index in [1.807, 2.05) is 19.1 Å². The van der Waals surface area contributed by atoms with Gasteiger partial charge in [0.15, 0.2) is 0 Å². The highest BCUT2D eigenvalue weighted by atomic mass is 32.1. The first-order valence-electron chi connectivity index (χ1n) is 5.56. The highest BCUT2D eigenvalue weighted by Crippen LogP contribution is 2.13. The predicted octanol–water partition coefficient (Wildman–Crippen LogP) is 2.14. The molecule has 94 valence electrons. The van der Waals surface area contributed by atoms with Crippen molar-refractivity contribution in [1.82, 2.24) is 9.97 Å². The molecule has 2 rings (SSSR count). The van der Waals surface area contributed by atoms with Gasteiger partial charge in [-0.05, 0) is 19.1 Å². The van der Waals surface area contributed by atoms with Crippen LogP contribution in [0.5, 0.6) is 0 Å². The van der Waals surface area contributed by atoms with Gasteiger partial charge >= 0.3 is 0 Å². The van der Waals surface area contributed by atoms with Gasteiger partial charge < -0.3 is 11.1 Å². The van der Waals surface area contributed by atoms with Crippen molar-refractivity contribution < 1.29 is 0 Å². The lowest BCUT2D eigenvalue weighted by atomic mass is 10.3. The first kappa shape index (κ1) is 12.9. The Bertz CT molecular complexity index is 551. The van der Waals surface area contributed by atoms with Gasteiger partial charge in [-0.2, -0.15) is 0 Å². The van der Waals surface area contributed by atoms with Crippen molar-refractivity contribution in [2.75, 3.05) is 11.9 Å². The van der Waals surface area contributed by atoms with Gasteiger partial charge in [0.2, 0.25) is 0 Å². The van der Waals surface area contributed by atoms with Crippen LogP contribution in [0.3, 0.4) is 0 Å². The quantitative estimate of drug-likeness (QED) is 0.820. The topological polar surface area (TPSA) is 63.8 Å². The van der Waals surface area contributed by atoms with Gasteiger partial charge in [-0.15, -0.1) is 11.3 Å². The third kappa shape index (κ3) is 3.24. The molecule has 0 aliphatic heterocycles. The number of rotatable bonds is 5. The molecule has 3 N–H and O–H groups in total. The highest BCUT2D eigenvalue weighted by Gasteiger charge is 2.05. The molecule has 0 spiro atoms. The first-order chi connectivity index (χ1) is 8.66. The molecule has 0 fully saturated rings. The molecule has 4 nitrogen and oxygen atoms in total. The van der Waals surface area contributed by atoms with E-state index in [1.54, 1.807) is 17.5 Å². The zero-order valence-electron chi connectivity index (χ0n) is 10.0. The lowest BCUT2D eigenvalue weighted by Crippen LogP contribution is -2.16. The third-order valence-corrected chi connectivity index (χ3v) is 3.58. The summed E-state index contributed by atoms with van der Waals surface area (Å²) in [5.74, 6) is 0. The van der Waals surface area contributed by atoms with Crippen LogP contribution in [0.1, 0.15) is 16.4 Å². The van der Waals surface area contributed by atoms with Crippen molar-refractivity contribution in [2.24, 2.45) is 5.73 Å². The third-order valence-electron chi connectivity index (χ3n) is 2.36. The lowest BCUT2D eigenvalue weighted by molar-refractivity contribution is 0.984. The van der Waals surface area contributed by atoms with Crippen molar-refractivity contribution in [2.45, 2.75) is 13.3 Å². The maximum atomic E-state index is 5.62. The number of aryl methyl sites for hydroxylation is 1. The van der Waals surface area contributed by atoms with Crippen LogP contribution in [-0.2, 0) is 6.42 Å². The van der Waals surface area contributed by atoms with Crippen LogP contribution in [0, 0.1) is 6.92 Å². The van der Waals surface area contributed by atoms with Gasteiger partial charge in [0.05, 0.1) is 10.7 Å². The average molecular weight is 278 g/mol. The zero-order valence-corrected chi connectivity index (χ0v) is 11.6. The molecule has 0 saturated heterocycles. The average Bonchev–Trinajstić information content (AvgIpc) is 2.75. The minimum Gasteiger partial charge on any atom is -0.388 e. The summed E-state index contributed by atoms with van der Waals surface area (Å²) in [5, 5.41) is 6.47. The van der Waals surface area contributed by atoms with E-state index in [0.29, 0.717) is 10.7 Å². The van der Waals surface area contributed by atoms with Crippen molar-refractivity contribution in [3.8, 4) is 0 Å². The first-order valence-corrected chi connectivity index (χ1v) is 6.85. The number of hydrogen-bond acceptors (Lipinski definition) is 5. The molecule has 0 aromatic carbocycles. The molecule has 0 aliphatic rings. The van der Waals surface area contributed by atoms with Crippen LogP contribution >= 0.6 is 23.6 Å². The molecule has 6 heteroatoms. The van der Waals surface area contributed by atoms with E-state index < -0.39 is 0 Å². The Labute approximate surface area is 115 Å². The summed E-state index contributed by atoms with van der Waals surface area (Å²) in [5.41, 5.74) is 8.20. The molecular weight excluding hydrogens is 264 g/mol. The summed E-state index contributed by atoms with van der Waals surface area (Å²) in [6.45, 7) is 2.79. The highest BCUT2D eigenvalue weighted by molar-refractivity contribution is 7.80. The van der Waals surface area contributed by atoms with E-state index in [4.69, 9.17) is 18.0 Å². The summed E-state index contributed by atoms with van der Waals surface area (Å²) in [6, 6.07) is 3.78. The van der Waals surface area contributed by atoms with Gasteiger partial charge in [0, 0.05) is 30.2 Å². The molecular formula is C12H14N4S2. The number of nitrogens with zero attached hydrogens (tertiary/aromatic N) is 2. The fourth-order valence-electron chi connectivity index (χ4n) is 1.57. The Balaban J connectivity index is 1.96. The molecule has 0 amide bonds. The van der Waals surface area contributed by atoms with Crippen LogP contribution in [-0.4, -0.2) is 21.5 Å². The number of thiazole rings is 1. The summed E-state index contributed by atoms with van der Waals surface area (Å²) >= 11 is 6.64. The molecule has 0 bridgehead atoms. The molecule has 2 aromatic heterocycles. The number of anilines is 1. The van der Waals surface area contributed by atoms with E-state index in [9.17, 15) is 0 Å². The minimum atomic E-state index is 0.309. The number of pyridine rings is 1. The summed E-state index contributed by atoms with van der Waals surface area (Å²) in [6.07, 6.45) is 2.56. The maximum absolute atomic E-state index is 5.62. The fraction of sp³-hybridized carbons (Fsp3) is 0.250. The number of nitrogens with one attached hydrogen (secondary N) is 1. The Morgan fingerprint density at radius 2 is 2.39 bits per heavy atom. The largest absolute Gasteiger partial charge is 0.388 e. The monoisotopic (exact) mass is 278 g/mol. The van der Waals surface area contributed by atoms with Gasteiger partial charge in [-0.3, -0.25) is 4.98 Å². The molecule has 0 aliphatic carbocycles. The smallest absolute Gasteiger partial charge is 0.124 e. The molecule has 18 heavy (non-hydrogen) atoms. The van der Waals surface area contributed by atoms with E-state index in [-0.39, 0.29) is 0 Å². The summed E-state index contributed by atoms with van der Waals surface area (Å²) < 4.78 is 0. The molecule has 0 unspecified atom stereocenters. The summed E-state index contributed by atoms with van der Waals surface area (Å²) in [4.78, 5) is 8.89. The lowest BCUT2D eigenvalue weighted by Gasteiger charge is -2.08. The fourth-order valence-corrected chi connectivity index (χ4v) is 2.50. The number of aromatic nitrogens is 2. The van der Waals surface area contributed by atoms with Crippen LogP contribution in [0.2, 0.25) is 0 Å². The molecule has 2 heterocycles. The van der Waals surface area contributed by atoms with E-state index in [1.165, 1.54) is 0 Å². The van der Waals surface area contributed by atoms with Crippen molar-refractivity contribution in [3.63, 3.8) is 0 Å². The number of thiocarbonyl (C=S) groups is 1. The predicted molar refractivity (Wildman–Crippen MR) is 79.2 cm³/mol. The zero-order chi connectivity index (χ0) is 13.0. The van der Waals surface area contributed by atoms with Gasteiger partial charge in [-0.1, -0.05) is 12.2 Å². The maximum Gasteiger partial charge on any atom is 0.124 e. The van der Waals surface area contributed by atoms with E-state index in [0.717, 1.165) is 29.4 Å². The van der Waals surface area contributed by atoms with Crippen LogP contribution in [0.25, 0.3) is 0 Å². The number of nitrogens with two attached hydrogens (primary N) is 1. The van der Waals surface area contributed by atoms with Gasteiger partial charge in [0.25, 0.3) is 0 Å². The Morgan fingerprint density at radius 3 is 3.06 bits per heavy atom. The van der Waals surface area contributed by atoms with Gasteiger partial charge in [-0.25, -0.2) is 4.98 Å². The molecule has 2 aromatic rings.